The largest absolute Gasteiger partial charge is 0.394 e. The molecule has 0 aliphatic carbocycles. The van der Waals surface area contributed by atoms with Crippen molar-refractivity contribution >= 4 is 23.9 Å². The number of amidine groups is 1. The summed E-state index contributed by atoms with van der Waals surface area (Å²) in [5.74, 6) is 0.313. The molecule has 7 heteroatoms. The molecule has 0 radical (unpaired) electrons. The second-order valence-corrected chi connectivity index (χ2v) is 3.54. The first-order valence-electron chi connectivity index (χ1n) is 5.69. The molecule has 0 spiro atoms. The lowest BCUT2D eigenvalue weighted by Gasteiger charge is -2.05. The van der Waals surface area contributed by atoms with Crippen molar-refractivity contribution in [2.75, 3.05) is 25.5 Å². The van der Waals surface area contributed by atoms with Crippen LogP contribution in [0.2, 0.25) is 0 Å². The Morgan fingerprint density at radius 3 is 2.68 bits per heavy atom. The molecule has 1 rings (SSSR count). The minimum Gasteiger partial charge on any atom is -0.394 e. The molecule has 0 aliphatic heterocycles. The number of hydrogen-bond acceptors (Lipinski definition) is 3. The monoisotopic (exact) mass is 263 g/mol. The topological polar surface area (TPSA) is 112 Å². The molecule has 19 heavy (non-hydrogen) atoms. The van der Waals surface area contributed by atoms with E-state index in [2.05, 4.69) is 20.6 Å². The highest BCUT2D eigenvalue weighted by atomic mass is 16.3. The van der Waals surface area contributed by atoms with Gasteiger partial charge in [0.05, 0.1) is 13.2 Å². The van der Waals surface area contributed by atoms with Crippen molar-refractivity contribution in [3.63, 3.8) is 0 Å². The summed E-state index contributed by atoms with van der Waals surface area (Å²) in [7, 11) is 1.54. The second kappa shape index (κ2) is 7.83. The lowest BCUT2D eigenvalue weighted by molar-refractivity contribution is 0.254. The van der Waals surface area contributed by atoms with E-state index in [1.54, 1.807) is 31.3 Å². The standard InChI is InChI=1S/C12H17N5O2/c1-14-12(19)17-10-4-2-9(3-5-10)11(13)16-8-15-6-7-18/h2-5,8,18H,6-7H2,1H3,(H2,13,15,16)(H2,14,17,19). The Morgan fingerprint density at radius 2 is 2.11 bits per heavy atom. The Balaban J connectivity index is 2.67. The number of nitrogens with two attached hydrogens (primary N) is 1. The number of hydrogen-bond donors (Lipinski definition) is 4. The lowest BCUT2D eigenvalue weighted by Crippen LogP contribution is -2.24. The van der Waals surface area contributed by atoms with Gasteiger partial charge in [-0.2, -0.15) is 0 Å². The van der Waals surface area contributed by atoms with Gasteiger partial charge in [0.1, 0.15) is 12.2 Å². The number of carbonyl (C=O) groups is 1. The maximum absolute atomic E-state index is 11.1. The van der Waals surface area contributed by atoms with Gasteiger partial charge in [-0.15, -0.1) is 0 Å². The van der Waals surface area contributed by atoms with E-state index in [-0.39, 0.29) is 12.6 Å². The molecule has 0 heterocycles. The van der Waals surface area contributed by atoms with Crippen molar-refractivity contribution in [3.05, 3.63) is 29.8 Å². The number of aliphatic hydroxyl groups excluding tert-OH is 1. The fourth-order valence-electron chi connectivity index (χ4n) is 1.21. The van der Waals surface area contributed by atoms with Crippen LogP contribution in [0.5, 0.6) is 0 Å². The predicted molar refractivity (Wildman–Crippen MR) is 75.7 cm³/mol. The first-order valence-corrected chi connectivity index (χ1v) is 5.69. The van der Waals surface area contributed by atoms with Crippen molar-refractivity contribution < 1.29 is 9.90 Å². The van der Waals surface area contributed by atoms with Crippen molar-refractivity contribution in [1.82, 2.24) is 5.32 Å². The Kier molecular flexibility index (Phi) is 6.04. The number of rotatable bonds is 5. The van der Waals surface area contributed by atoms with Gasteiger partial charge in [0, 0.05) is 18.3 Å². The van der Waals surface area contributed by atoms with E-state index in [1.807, 2.05) is 0 Å². The summed E-state index contributed by atoms with van der Waals surface area (Å²) < 4.78 is 0. The Bertz CT molecular complexity index is 468. The predicted octanol–water partition coefficient (Wildman–Crippen LogP) is 0.164. The third-order valence-corrected chi connectivity index (χ3v) is 2.17. The average Bonchev–Trinajstić information content (AvgIpc) is 2.44. The van der Waals surface area contributed by atoms with Crippen LogP contribution in [0, 0.1) is 0 Å². The summed E-state index contributed by atoms with van der Waals surface area (Å²) in [6.45, 7) is 0.275. The van der Waals surface area contributed by atoms with Gasteiger partial charge in [0.2, 0.25) is 0 Å². The molecule has 1 aromatic carbocycles. The van der Waals surface area contributed by atoms with Gasteiger partial charge in [-0.25, -0.2) is 9.79 Å². The van der Waals surface area contributed by atoms with E-state index >= 15 is 0 Å². The van der Waals surface area contributed by atoms with Crippen LogP contribution in [0.4, 0.5) is 10.5 Å². The molecule has 0 saturated heterocycles. The highest BCUT2D eigenvalue weighted by molar-refractivity contribution is 6.01. The first-order chi connectivity index (χ1) is 9.17. The number of benzene rings is 1. The zero-order valence-corrected chi connectivity index (χ0v) is 10.6. The summed E-state index contributed by atoms with van der Waals surface area (Å²) in [5.41, 5.74) is 7.13. The minimum absolute atomic E-state index is 0.0220. The highest BCUT2D eigenvalue weighted by Gasteiger charge is 2.00. The van der Waals surface area contributed by atoms with Crippen molar-refractivity contribution in [3.8, 4) is 0 Å². The van der Waals surface area contributed by atoms with E-state index in [0.29, 0.717) is 18.1 Å². The number of amides is 2. The fraction of sp³-hybridized carbons (Fsp3) is 0.250. The maximum atomic E-state index is 11.1. The minimum atomic E-state index is -0.287. The Labute approximate surface area is 111 Å². The quantitative estimate of drug-likeness (QED) is 0.448. The van der Waals surface area contributed by atoms with Gasteiger partial charge < -0.3 is 21.5 Å². The number of nitrogens with one attached hydrogen (secondary N) is 2. The lowest BCUT2D eigenvalue weighted by atomic mass is 10.2. The van der Waals surface area contributed by atoms with Crippen LogP contribution in [-0.4, -0.2) is 43.5 Å². The molecule has 2 amide bonds. The zero-order valence-electron chi connectivity index (χ0n) is 10.6. The average molecular weight is 263 g/mol. The number of aliphatic hydroxyl groups is 1. The van der Waals surface area contributed by atoms with Gasteiger partial charge in [0.25, 0.3) is 0 Å². The van der Waals surface area contributed by atoms with E-state index in [1.165, 1.54) is 6.34 Å². The summed E-state index contributed by atoms with van der Waals surface area (Å²) in [5, 5.41) is 13.6. The van der Waals surface area contributed by atoms with Crippen LogP contribution < -0.4 is 16.4 Å². The molecule has 0 atom stereocenters. The van der Waals surface area contributed by atoms with Crippen LogP contribution in [-0.2, 0) is 0 Å². The summed E-state index contributed by atoms with van der Waals surface area (Å²) in [6.07, 6.45) is 1.31. The third-order valence-electron chi connectivity index (χ3n) is 2.17. The molecule has 1 aromatic rings. The van der Waals surface area contributed by atoms with Crippen LogP contribution in [0.3, 0.4) is 0 Å². The molecule has 102 valence electrons. The summed E-state index contributed by atoms with van der Waals surface area (Å²) in [6, 6.07) is 6.63. The smallest absolute Gasteiger partial charge is 0.318 e. The molecule has 0 fully saturated rings. The van der Waals surface area contributed by atoms with Gasteiger partial charge >= 0.3 is 6.03 Å². The molecule has 0 bridgehead atoms. The first kappa shape index (κ1) is 14.7. The zero-order chi connectivity index (χ0) is 14.1. The molecule has 0 saturated carbocycles. The number of carbonyl (C=O) groups excluding carboxylic acids is 1. The molecule has 7 nitrogen and oxygen atoms in total. The molecule has 0 aliphatic rings. The van der Waals surface area contributed by atoms with Crippen molar-refractivity contribution in [2.45, 2.75) is 0 Å². The maximum Gasteiger partial charge on any atom is 0.318 e. The van der Waals surface area contributed by atoms with E-state index < -0.39 is 0 Å². The molecular formula is C12H17N5O2. The van der Waals surface area contributed by atoms with E-state index in [4.69, 9.17) is 10.8 Å². The van der Waals surface area contributed by atoms with Gasteiger partial charge in [-0.05, 0) is 24.3 Å². The van der Waals surface area contributed by atoms with Crippen LogP contribution in [0.1, 0.15) is 5.56 Å². The molecular weight excluding hydrogens is 246 g/mol. The third kappa shape index (κ3) is 5.17. The molecule has 0 unspecified atom stereocenters. The van der Waals surface area contributed by atoms with Crippen LogP contribution in [0.15, 0.2) is 34.3 Å². The SMILES string of the molecule is CNC(=O)Nc1ccc(C(N)=NC=NCCO)cc1. The second-order valence-electron chi connectivity index (χ2n) is 3.54. The van der Waals surface area contributed by atoms with Crippen molar-refractivity contribution in [1.29, 1.82) is 0 Å². The van der Waals surface area contributed by atoms with Crippen molar-refractivity contribution in [2.24, 2.45) is 15.7 Å². The summed E-state index contributed by atoms with van der Waals surface area (Å²) >= 11 is 0. The molecule has 0 aromatic heterocycles. The highest BCUT2D eigenvalue weighted by Crippen LogP contribution is 2.09. The van der Waals surface area contributed by atoms with Crippen LogP contribution >= 0.6 is 0 Å². The van der Waals surface area contributed by atoms with E-state index in [0.717, 1.165) is 5.56 Å². The Morgan fingerprint density at radius 1 is 1.42 bits per heavy atom. The van der Waals surface area contributed by atoms with Crippen LogP contribution in [0.25, 0.3) is 0 Å². The van der Waals surface area contributed by atoms with Gasteiger partial charge in [-0.1, -0.05) is 0 Å². The van der Waals surface area contributed by atoms with Gasteiger partial charge in [0.15, 0.2) is 0 Å². The number of aliphatic imine (C=N–C) groups is 2. The number of nitrogens with zero attached hydrogens (tertiary/aromatic N) is 2. The number of anilines is 1. The van der Waals surface area contributed by atoms with E-state index in [9.17, 15) is 4.79 Å². The Hall–Kier alpha value is -2.41. The fourth-order valence-corrected chi connectivity index (χ4v) is 1.21. The molecule has 5 N–H and O–H groups in total. The number of urea groups is 1. The van der Waals surface area contributed by atoms with Gasteiger partial charge in [-0.3, -0.25) is 4.99 Å². The normalized spacial score (nSPS) is 11.6. The summed E-state index contributed by atoms with van der Waals surface area (Å²) in [4.78, 5) is 18.8.